The minimum atomic E-state index is -0.155. The number of imidazole rings is 1. The molecule has 0 bridgehead atoms. The number of ether oxygens (including phenoxy) is 1. The lowest BCUT2D eigenvalue weighted by Crippen LogP contribution is -2.32. The van der Waals surface area contributed by atoms with E-state index in [1.807, 2.05) is 6.07 Å². The predicted molar refractivity (Wildman–Crippen MR) is 83.5 cm³/mol. The third-order valence-electron chi connectivity index (χ3n) is 4.41. The van der Waals surface area contributed by atoms with Gasteiger partial charge in [-0.3, -0.25) is 0 Å². The van der Waals surface area contributed by atoms with Crippen molar-refractivity contribution in [2.45, 2.75) is 38.8 Å². The van der Waals surface area contributed by atoms with Gasteiger partial charge in [0, 0.05) is 18.6 Å². The van der Waals surface area contributed by atoms with E-state index in [0.29, 0.717) is 12.0 Å². The Balaban J connectivity index is 1.96. The molecule has 1 aromatic heterocycles. The van der Waals surface area contributed by atoms with Crippen molar-refractivity contribution in [1.82, 2.24) is 15.3 Å². The first-order valence-electron chi connectivity index (χ1n) is 7.79. The molecule has 21 heavy (non-hydrogen) atoms. The summed E-state index contributed by atoms with van der Waals surface area (Å²) in [6.45, 7) is 6.06. The van der Waals surface area contributed by atoms with Gasteiger partial charge in [-0.2, -0.15) is 0 Å². The number of benzene rings is 1. The van der Waals surface area contributed by atoms with Gasteiger partial charge in [-0.1, -0.05) is 19.9 Å². The molecule has 3 rings (SSSR count). The van der Waals surface area contributed by atoms with Gasteiger partial charge in [0.1, 0.15) is 0 Å². The van der Waals surface area contributed by atoms with Crippen molar-refractivity contribution >= 4 is 11.0 Å². The molecule has 1 saturated heterocycles. The van der Waals surface area contributed by atoms with Crippen molar-refractivity contribution < 1.29 is 4.74 Å². The molecule has 3 N–H and O–H groups in total. The fourth-order valence-electron chi connectivity index (χ4n) is 3.45. The van der Waals surface area contributed by atoms with Gasteiger partial charge in [0.25, 0.3) is 0 Å². The summed E-state index contributed by atoms with van der Waals surface area (Å²) < 4.78 is 5.85. The zero-order chi connectivity index (χ0) is 14.8. The Morgan fingerprint density at radius 1 is 1.33 bits per heavy atom. The van der Waals surface area contributed by atoms with E-state index in [4.69, 9.17) is 4.74 Å². The smallest absolute Gasteiger partial charge is 0.323 e. The minimum Gasteiger partial charge on any atom is -0.378 e. The molecule has 0 amide bonds. The Labute approximate surface area is 124 Å². The quantitative estimate of drug-likeness (QED) is 0.791. The molecule has 0 aliphatic carbocycles. The van der Waals surface area contributed by atoms with Crippen LogP contribution < -0.4 is 11.0 Å². The summed E-state index contributed by atoms with van der Waals surface area (Å²) in [7, 11) is 0. The molecule has 2 heterocycles. The number of nitrogens with one attached hydrogen (secondary N) is 3. The molecule has 1 aromatic carbocycles. The fraction of sp³-hybridized carbons (Fsp3) is 0.562. The Morgan fingerprint density at radius 3 is 2.90 bits per heavy atom. The van der Waals surface area contributed by atoms with Gasteiger partial charge in [-0.25, -0.2) is 4.79 Å². The number of aromatic nitrogens is 2. The maximum Gasteiger partial charge on any atom is 0.323 e. The molecule has 0 saturated carbocycles. The van der Waals surface area contributed by atoms with Gasteiger partial charge >= 0.3 is 5.69 Å². The maximum absolute atomic E-state index is 11.4. The van der Waals surface area contributed by atoms with E-state index in [0.717, 1.165) is 37.0 Å². The van der Waals surface area contributed by atoms with Gasteiger partial charge in [0.15, 0.2) is 0 Å². The minimum absolute atomic E-state index is 0.155. The number of H-pyrrole nitrogens is 2. The molecule has 1 aliphatic heterocycles. The largest absolute Gasteiger partial charge is 0.378 e. The summed E-state index contributed by atoms with van der Waals surface area (Å²) >= 11 is 0. The summed E-state index contributed by atoms with van der Waals surface area (Å²) in [5.74, 6) is 0.484. The molecule has 0 spiro atoms. The summed E-state index contributed by atoms with van der Waals surface area (Å²) in [5, 5.41) is 3.59. The van der Waals surface area contributed by atoms with Gasteiger partial charge in [-0.05, 0) is 37.1 Å². The third-order valence-corrected chi connectivity index (χ3v) is 4.41. The molecule has 5 nitrogen and oxygen atoms in total. The highest BCUT2D eigenvalue weighted by molar-refractivity contribution is 5.75. The highest BCUT2D eigenvalue weighted by atomic mass is 16.5. The van der Waals surface area contributed by atoms with Gasteiger partial charge in [0.05, 0.1) is 17.1 Å². The van der Waals surface area contributed by atoms with Crippen molar-refractivity contribution in [2.24, 2.45) is 5.92 Å². The molecular formula is C16H23N3O2. The van der Waals surface area contributed by atoms with Crippen LogP contribution in [0, 0.1) is 5.92 Å². The van der Waals surface area contributed by atoms with Crippen LogP contribution in [0.15, 0.2) is 23.0 Å². The second-order valence-corrected chi connectivity index (χ2v) is 5.69. The molecule has 5 heteroatoms. The fourth-order valence-corrected chi connectivity index (χ4v) is 3.45. The second kappa shape index (κ2) is 6.03. The maximum atomic E-state index is 11.4. The lowest BCUT2D eigenvalue weighted by molar-refractivity contribution is 0.0776. The zero-order valence-electron chi connectivity index (χ0n) is 12.6. The average Bonchev–Trinajstić information content (AvgIpc) is 3.08. The van der Waals surface area contributed by atoms with Crippen LogP contribution in [0.25, 0.3) is 11.0 Å². The van der Waals surface area contributed by atoms with Gasteiger partial charge in [0.2, 0.25) is 0 Å². The van der Waals surface area contributed by atoms with Crippen LogP contribution in [0.4, 0.5) is 0 Å². The van der Waals surface area contributed by atoms with Crippen LogP contribution >= 0.6 is 0 Å². The molecule has 1 aliphatic rings. The number of aromatic amines is 2. The lowest BCUT2D eigenvalue weighted by atomic mass is 9.86. The van der Waals surface area contributed by atoms with Crippen LogP contribution in [0.5, 0.6) is 0 Å². The highest BCUT2D eigenvalue weighted by Crippen LogP contribution is 2.35. The van der Waals surface area contributed by atoms with Crippen molar-refractivity contribution in [3.63, 3.8) is 0 Å². The van der Waals surface area contributed by atoms with Crippen molar-refractivity contribution in [2.75, 3.05) is 13.2 Å². The predicted octanol–water partition coefficient (Wildman–Crippen LogP) is 2.32. The molecule has 0 radical (unpaired) electrons. The van der Waals surface area contributed by atoms with Crippen LogP contribution in [-0.2, 0) is 4.74 Å². The molecule has 3 unspecified atom stereocenters. The van der Waals surface area contributed by atoms with Crippen LogP contribution in [0.2, 0.25) is 0 Å². The van der Waals surface area contributed by atoms with Crippen molar-refractivity contribution in [3.05, 3.63) is 34.2 Å². The van der Waals surface area contributed by atoms with E-state index in [2.05, 4.69) is 41.3 Å². The number of rotatable bonds is 5. The Kier molecular flexibility index (Phi) is 4.12. The average molecular weight is 289 g/mol. The Morgan fingerprint density at radius 2 is 2.14 bits per heavy atom. The topological polar surface area (TPSA) is 69.9 Å². The van der Waals surface area contributed by atoms with E-state index < -0.39 is 0 Å². The SMILES string of the molecule is CCNC(c1ccc2[nH]c(=O)[nH]c2c1)C1CCOC1CC. The van der Waals surface area contributed by atoms with E-state index >= 15 is 0 Å². The summed E-state index contributed by atoms with van der Waals surface area (Å²) in [5.41, 5.74) is 2.78. The molecule has 2 aromatic rings. The van der Waals surface area contributed by atoms with Gasteiger partial charge in [-0.15, -0.1) is 0 Å². The molecule has 1 fully saturated rings. The van der Waals surface area contributed by atoms with E-state index in [9.17, 15) is 4.79 Å². The lowest BCUT2D eigenvalue weighted by Gasteiger charge is -2.28. The highest BCUT2D eigenvalue weighted by Gasteiger charge is 2.34. The third kappa shape index (κ3) is 2.76. The molecule has 114 valence electrons. The Hall–Kier alpha value is -1.59. The molecular weight excluding hydrogens is 266 g/mol. The second-order valence-electron chi connectivity index (χ2n) is 5.69. The molecule has 3 atom stereocenters. The summed E-state index contributed by atoms with van der Waals surface area (Å²) in [4.78, 5) is 17.0. The normalized spacial score (nSPS) is 23.7. The monoisotopic (exact) mass is 289 g/mol. The number of fused-ring (bicyclic) bond motifs is 1. The van der Waals surface area contributed by atoms with Gasteiger partial charge < -0.3 is 20.0 Å². The van der Waals surface area contributed by atoms with Crippen LogP contribution in [-0.4, -0.2) is 29.2 Å². The number of hydrogen-bond donors (Lipinski definition) is 3. The first kappa shape index (κ1) is 14.4. The number of hydrogen-bond acceptors (Lipinski definition) is 3. The standard InChI is InChI=1S/C16H23N3O2/c1-3-14-11(7-8-21-14)15(17-4-2)10-5-6-12-13(9-10)19-16(20)18-12/h5-6,9,11,14-15,17H,3-4,7-8H2,1-2H3,(H2,18,19,20). The first-order chi connectivity index (χ1) is 10.2. The summed E-state index contributed by atoms with van der Waals surface area (Å²) in [6.07, 6.45) is 2.43. The van der Waals surface area contributed by atoms with Crippen molar-refractivity contribution in [1.29, 1.82) is 0 Å². The van der Waals surface area contributed by atoms with E-state index in [-0.39, 0.29) is 11.7 Å². The Bertz CT molecular complexity index is 661. The van der Waals surface area contributed by atoms with Crippen molar-refractivity contribution in [3.8, 4) is 0 Å². The van der Waals surface area contributed by atoms with Crippen LogP contribution in [0.1, 0.15) is 38.3 Å². The van der Waals surface area contributed by atoms with E-state index in [1.165, 1.54) is 5.56 Å². The van der Waals surface area contributed by atoms with Crippen LogP contribution in [0.3, 0.4) is 0 Å². The summed E-state index contributed by atoms with van der Waals surface area (Å²) in [6, 6.07) is 6.42. The van der Waals surface area contributed by atoms with E-state index in [1.54, 1.807) is 0 Å². The zero-order valence-corrected chi connectivity index (χ0v) is 12.6. The first-order valence-corrected chi connectivity index (χ1v) is 7.79.